The zero-order chi connectivity index (χ0) is 11.5. The molecule has 86 valence electrons. The van der Waals surface area contributed by atoms with Crippen molar-refractivity contribution in [3.63, 3.8) is 0 Å². The number of aromatic nitrogens is 1. The second kappa shape index (κ2) is 4.61. The first-order valence-electron chi connectivity index (χ1n) is 5.51. The van der Waals surface area contributed by atoms with Crippen LogP contribution in [0.3, 0.4) is 0 Å². The Kier molecular flexibility index (Phi) is 3.19. The molecule has 1 aliphatic heterocycles. The minimum Gasteiger partial charge on any atom is -0.481 e. The van der Waals surface area contributed by atoms with Crippen molar-refractivity contribution in [1.29, 1.82) is 0 Å². The van der Waals surface area contributed by atoms with E-state index in [0.29, 0.717) is 6.54 Å². The molecule has 0 radical (unpaired) electrons. The predicted molar refractivity (Wildman–Crippen MR) is 60.0 cm³/mol. The van der Waals surface area contributed by atoms with Gasteiger partial charge in [0, 0.05) is 25.5 Å². The number of carboxylic acid groups (broad SMARTS) is 1. The van der Waals surface area contributed by atoms with E-state index < -0.39 is 5.97 Å². The second-order valence-corrected chi connectivity index (χ2v) is 4.43. The van der Waals surface area contributed by atoms with Gasteiger partial charge in [-0.2, -0.15) is 0 Å². The van der Waals surface area contributed by atoms with Crippen LogP contribution in [0.15, 0.2) is 18.5 Å². The van der Waals surface area contributed by atoms with Gasteiger partial charge >= 0.3 is 5.97 Å². The molecule has 0 aliphatic carbocycles. The fourth-order valence-corrected chi connectivity index (χ4v) is 2.14. The van der Waals surface area contributed by atoms with Crippen LogP contribution in [-0.2, 0) is 11.3 Å². The summed E-state index contributed by atoms with van der Waals surface area (Å²) in [5.74, 6) is -0.873. The van der Waals surface area contributed by atoms with Gasteiger partial charge in [0.25, 0.3) is 0 Å². The van der Waals surface area contributed by atoms with Gasteiger partial charge in [-0.1, -0.05) is 6.07 Å². The van der Waals surface area contributed by atoms with Gasteiger partial charge in [0.05, 0.1) is 5.92 Å². The number of pyridine rings is 1. The van der Waals surface area contributed by atoms with Crippen molar-refractivity contribution in [2.75, 3.05) is 13.1 Å². The number of hydrogen-bond donors (Lipinski definition) is 1. The van der Waals surface area contributed by atoms with Crippen molar-refractivity contribution in [2.45, 2.75) is 19.9 Å². The van der Waals surface area contributed by atoms with Crippen molar-refractivity contribution >= 4 is 5.97 Å². The Morgan fingerprint density at radius 1 is 1.62 bits per heavy atom. The lowest BCUT2D eigenvalue weighted by molar-refractivity contribution is -0.141. The number of hydrogen-bond acceptors (Lipinski definition) is 3. The molecule has 1 N–H and O–H groups in total. The molecule has 1 aliphatic rings. The number of rotatable bonds is 3. The lowest BCUT2D eigenvalue weighted by atomic mass is 10.1. The molecule has 1 aromatic heterocycles. The van der Waals surface area contributed by atoms with Gasteiger partial charge in [-0.25, -0.2) is 0 Å². The molecule has 0 amide bonds. The van der Waals surface area contributed by atoms with E-state index in [1.165, 1.54) is 0 Å². The fraction of sp³-hybridized carbons (Fsp3) is 0.500. The maximum atomic E-state index is 10.8. The Labute approximate surface area is 94.9 Å². The molecular weight excluding hydrogens is 204 g/mol. The summed E-state index contributed by atoms with van der Waals surface area (Å²) in [5, 5.41) is 8.90. The largest absolute Gasteiger partial charge is 0.481 e. The summed E-state index contributed by atoms with van der Waals surface area (Å²) in [7, 11) is 0. The molecule has 0 spiro atoms. The molecule has 4 nitrogen and oxygen atoms in total. The predicted octanol–water partition coefficient (Wildman–Crippen LogP) is 1.30. The van der Waals surface area contributed by atoms with Gasteiger partial charge in [0.1, 0.15) is 0 Å². The summed E-state index contributed by atoms with van der Waals surface area (Å²) in [4.78, 5) is 17.1. The van der Waals surface area contributed by atoms with Crippen molar-refractivity contribution in [1.82, 2.24) is 9.88 Å². The summed E-state index contributed by atoms with van der Waals surface area (Å²) in [5.41, 5.74) is 2.30. The Hall–Kier alpha value is -1.42. The standard InChI is InChI=1S/C12H16N2O2/c1-9-4-10(6-13-5-9)7-14-3-2-11(8-14)12(15)16/h4-6,11H,2-3,7-8H2,1H3,(H,15,16). The summed E-state index contributed by atoms with van der Waals surface area (Å²) < 4.78 is 0. The maximum Gasteiger partial charge on any atom is 0.307 e. The fourth-order valence-electron chi connectivity index (χ4n) is 2.14. The molecule has 0 bridgehead atoms. The van der Waals surface area contributed by atoms with Crippen LogP contribution < -0.4 is 0 Å². The van der Waals surface area contributed by atoms with Crippen LogP contribution in [0.5, 0.6) is 0 Å². The van der Waals surface area contributed by atoms with E-state index in [4.69, 9.17) is 5.11 Å². The van der Waals surface area contributed by atoms with Gasteiger partial charge in [0.2, 0.25) is 0 Å². The van der Waals surface area contributed by atoms with Crippen molar-refractivity contribution in [3.8, 4) is 0 Å². The summed E-state index contributed by atoms with van der Waals surface area (Å²) in [6.07, 6.45) is 4.43. The topological polar surface area (TPSA) is 53.4 Å². The highest BCUT2D eigenvalue weighted by atomic mass is 16.4. The number of carbonyl (C=O) groups is 1. The quantitative estimate of drug-likeness (QED) is 0.834. The Morgan fingerprint density at radius 3 is 3.06 bits per heavy atom. The highest BCUT2D eigenvalue weighted by Crippen LogP contribution is 2.18. The average Bonchev–Trinajstić information content (AvgIpc) is 2.66. The van der Waals surface area contributed by atoms with Crippen LogP contribution in [0.1, 0.15) is 17.5 Å². The zero-order valence-electron chi connectivity index (χ0n) is 9.39. The molecule has 1 atom stereocenters. The van der Waals surface area contributed by atoms with Crippen LogP contribution in [0.4, 0.5) is 0 Å². The molecule has 1 unspecified atom stereocenters. The molecule has 16 heavy (non-hydrogen) atoms. The van der Waals surface area contributed by atoms with Crippen LogP contribution in [0.2, 0.25) is 0 Å². The molecule has 2 rings (SSSR count). The second-order valence-electron chi connectivity index (χ2n) is 4.43. The number of aliphatic carboxylic acids is 1. The lowest BCUT2D eigenvalue weighted by Gasteiger charge is -2.14. The normalized spacial score (nSPS) is 21.2. The maximum absolute atomic E-state index is 10.8. The zero-order valence-corrected chi connectivity index (χ0v) is 9.39. The number of nitrogens with zero attached hydrogens (tertiary/aromatic N) is 2. The van der Waals surface area contributed by atoms with Crippen LogP contribution >= 0.6 is 0 Å². The van der Waals surface area contributed by atoms with Crippen molar-refractivity contribution in [2.24, 2.45) is 5.92 Å². The van der Waals surface area contributed by atoms with E-state index in [-0.39, 0.29) is 5.92 Å². The Balaban J connectivity index is 1.94. The molecule has 0 saturated carbocycles. The van der Waals surface area contributed by atoms with Gasteiger partial charge in [0.15, 0.2) is 0 Å². The first kappa shape index (κ1) is 11.1. The monoisotopic (exact) mass is 220 g/mol. The van der Waals surface area contributed by atoms with Gasteiger partial charge in [-0.15, -0.1) is 0 Å². The molecule has 0 aromatic carbocycles. The summed E-state index contributed by atoms with van der Waals surface area (Å²) in [6, 6.07) is 2.10. The Morgan fingerprint density at radius 2 is 2.44 bits per heavy atom. The number of aryl methyl sites for hydroxylation is 1. The lowest BCUT2D eigenvalue weighted by Crippen LogP contribution is -2.22. The summed E-state index contributed by atoms with van der Waals surface area (Å²) >= 11 is 0. The van der Waals surface area contributed by atoms with Crippen LogP contribution in [0.25, 0.3) is 0 Å². The molecule has 1 aromatic rings. The summed E-state index contributed by atoms with van der Waals surface area (Å²) in [6.45, 7) is 4.34. The Bertz CT molecular complexity index is 392. The molecule has 1 fully saturated rings. The van der Waals surface area contributed by atoms with Crippen LogP contribution in [0, 0.1) is 12.8 Å². The number of carboxylic acids is 1. The minimum absolute atomic E-state index is 0.197. The van der Waals surface area contributed by atoms with E-state index in [0.717, 1.165) is 30.6 Å². The molecule has 4 heteroatoms. The van der Waals surface area contributed by atoms with Crippen molar-refractivity contribution < 1.29 is 9.90 Å². The van der Waals surface area contributed by atoms with E-state index in [1.54, 1.807) is 0 Å². The third-order valence-corrected chi connectivity index (χ3v) is 2.96. The molecule has 1 saturated heterocycles. The third kappa shape index (κ3) is 2.58. The van der Waals surface area contributed by atoms with Crippen LogP contribution in [-0.4, -0.2) is 34.0 Å². The van der Waals surface area contributed by atoms with Gasteiger partial charge in [-0.3, -0.25) is 14.7 Å². The van der Waals surface area contributed by atoms with E-state index in [1.807, 2.05) is 19.3 Å². The average molecular weight is 220 g/mol. The third-order valence-electron chi connectivity index (χ3n) is 2.96. The molecule has 2 heterocycles. The first-order valence-corrected chi connectivity index (χ1v) is 5.51. The van der Waals surface area contributed by atoms with E-state index in [9.17, 15) is 4.79 Å². The first-order chi connectivity index (χ1) is 7.65. The SMILES string of the molecule is Cc1cncc(CN2CCC(C(=O)O)C2)c1. The number of likely N-dealkylation sites (tertiary alicyclic amines) is 1. The van der Waals surface area contributed by atoms with E-state index in [2.05, 4.69) is 16.0 Å². The minimum atomic E-state index is -0.676. The highest BCUT2D eigenvalue weighted by Gasteiger charge is 2.27. The van der Waals surface area contributed by atoms with Crippen molar-refractivity contribution in [3.05, 3.63) is 29.6 Å². The van der Waals surface area contributed by atoms with Gasteiger partial charge < -0.3 is 5.11 Å². The van der Waals surface area contributed by atoms with Gasteiger partial charge in [-0.05, 0) is 31.0 Å². The molecular formula is C12H16N2O2. The van der Waals surface area contributed by atoms with E-state index >= 15 is 0 Å². The highest BCUT2D eigenvalue weighted by molar-refractivity contribution is 5.70. The smallest absolute Gasteiger partial charge is 0.307 e.